The van der Waals surface area contributed by atoms with Gasteiger partial charge < -0.3 is 14.5 Å². The van der Waals surface area contributed by atoms with Gasteiger partial charge in [0.25, 0.3) is 11.5 Å². The molecule has 1 amide bonds. The summed E-state index contributed by atoms with van der Waals surface area (Å²) in [5.41, 5.74) is 2.84. The number of carbonyl (C=O) groups is 1. The number of rotatable bonds is 5. The zero-order valence-electron chi connectivity index (χ0n) is 17.4. The van der Waals surface area contributed by atoms with Gasteiger partial charge in [0.05, 0.1) is 41.7 Å². The molecule has 3 aromatic heterocycles. The zero-order chi connectivity index (χ0) is 22.1. The molecule has 0 unspecified atom stereocenters. The average molecular weight is 420 g/mol. The fraction of sp³-hybridized carbons (Fsp3) is 0.227. The van der Waals surface area contributed by atoms with E-state index in [0.29, 0.717) is 28.1 Å². The van der Waals surface area contributed by atoms with E-state index in [9.17, 15) is 14.0 Å². The number of hydrogen-bond donors (Lipinski definition) is 1. The van der Waals surface area contributed by atoms with Crippen molar-refractivity contribution in [2.45, 2.75) is 26.9 Å². The molecule has 0 atom stereocenters. The first-order valence-corrected chi connectivity index (χ1v) is 9.69. The summed E-state index contributed by atoms with van der Waals surface area (Å²) in [5, 5.41) is 0. The summed E-state index contributed by atoms with van der Waals surface area (Å²) in [4.78, 5) is 43.4. The maximum Gasteiger partial charge on any atom is 0.264 e. The van der Waals surface area contributed by atoms with E-state index in [2.05, 4.69) is 19.9 Å². The van der Waals surface area contributed by atoms with Gasteiger partial charge in [-0.25, -0.2) is 9.37 Å². The van der Waals surface area contributed by atoms with Crippen LogP contribution in [-0.4, -0.2) is 42.4 Å². The maximum absolute atomic E-state index is 13.4. The summed E-state index contributed by atoms with van der Waals surface area (Å²) >= 11 is 0. The van der Waals surface area contributed by atoms with Gasteiger partial charge in [0.2, 0.25) is 0 Å². The summed E-state index contributed by atoms with van der Waals surface area (Å²) in [7, 11) is 1.60. The maximum atomic E-state index is 13.4. The highest BCUT2D eigenvalue weighted by molar-refractivity contribution is 5.95. The van der Waals surface area contributed by atoms with Crippen LogP contribution in [0, 0.1) is 19.7 Å². The number of imidazole rings is 1. The number of hydrogen-bond acceptors (Lipinski definition) is 5. The van der Waals surface area contributed by atoms with Crippen LogP contribution in [0.5, 0.6) is 0 Å². The lowest BCUT2D eigenvalue weighted by atomic mass is 10.1. The van der Waals surface area contributed by atoms with E-state index in [1.54, 1.807) is 44.7 Å². The van der Waals surface area contributed by atoms with Crippen molar-refractivity contribution in [3.8, 4) is 0 Å². The number of amides is 1. The predicted octanol–water partition coefficient (Wildman–Crippen LogP) is 2.59. The smallest absolute Gasteiger partial charge is 0.264 e. The van der Waals surface area contributed by atoms with Crippen molar-refractivity contribution in [3.63, 3.8) is 0 Å². The fourth-order valence-electron chi connectivity index (χ4n) is 3.32. The molecule has 0 aliphatic carbocycles. The first-order chi connectivity index (χ1) is 14.8. The number of carbonyl (C=O) groups excluding carboxylic acids is 1. The third-order valence-corrected chi connectivity index (χ3v) is 4.98. The lowest BCUT2D eigenvalue weighted by Crippen LogP contribution is -2.35. The minimum atomic E-state index is -0.418. The minimum absolute atomic E-state index is 0.0900. The molecule has 1 N–H and O–H groups in total. The average Bonchev–Trinajstić information content (AvgIpc) is 3.12. The quantitative estimate of drug-likeness (QED) is 0.535. The monoisotopic (exact) mass is 420 g/mol. The number of fused-ring (bicyclic) bond motifs is 1. The van der Waals surface area contributed by atoms with Crippen molar-refractivity contribution in [2.24, 2.45) is 0 Å². The van der Waals surface area contributed by atoms with Crippen LogP contribution < -0.4 is 5.56 Å². The second-order valence-electron chi connectivity index (χ2n) is 7.46. The Morgan fingerprint density at radius 3 is 2.74 bits per heavy atom. The number of halogens is 1. The Kier molecular flexibility index (Phi) is 5.33. The Labute approximate surface area is 177 Å². The third kappa shape index (κ3) is 4.20. The first kappa shape index (κ1) is 20.4. The van der Waals surface area contributed by atoms with Crippen LogP contribution in [0.2, 0.25) is 0 Å². The Morgan fingerprint density at radius 2 is 2.00 bits per heavy atom. The van der Waals surface area contributed by atoms with E-state index in [4.69, 9.17) is 0 Å². The van der Waals surface area contributed by atoms with Crippen LogP contribution in [0.15, 0.2) is 47.7 Å². The van der Waals surface area contributed by atoms with Crippen LogP contribution in [0.4, 0.5) is 4.39 Å². The van der Waals surface area contributed by atoms with Crippen molar-refractivity contribution < 1.29 is 9.18 Å². The zero-order valence-corrected chi connectivity index (χ0v) is 17.4. The van der Waals surface area contributed by atoms with Gasteiger partial charge >= 0.3 is 0 Å². The molecule has 4 rings (SSSR count). The molecule has 0 saturated heterocycles. The van der Waals surface area contributed by atoms with Crippen LogP contribution >= 0.6 is 0 Å². The molecule has 0 radical (unpaired) electrons. The summed E-state index contributed by atoms with van der Waals surface area (Å²) < 4.78 is 14.8. The third-order valence-electron chi connectivity index (χ3n) is 4.98. The summed E-state index contributed by atoms with van der Waals surface area (Å²) in [6.07, 6.45) is 4.89. The predicted molar refractivity (Wildman–Crippen MR) is 113 cm³/mol. The van der Waals surface area contributed by atoms with Gasteiger partial charge in [-0.1, -0.05) is 0 Å². The van der Waals surface area contributed by atoms with Crippen LogP contribution in [-0.2, 0) is 13.1 Å². The Bertz CT molecular complexity index is 1330. The second kappa shape index (κ2) is 8.10. The first-order valence-electron chi connectivity index (χ1n) is 9.69. The topological polar surface area (TPSA) is 96.8 Å². The summed E-state index contributed by atoms with van der Waals surface area (Å²) in [6, 6.07) is 5.98. The van der Waals surface area contributed by atoms with E-state index in [0.717, 1.165) is 5.69 Å². The normalized spacial score (nSPS) is 11.1. The molecular weight excluding hydrogens is 399 g/mol. The van der Waals surface area contributed by atoms with Gasteiger partial charge in [-0.3, -0.25) is 19.6 Å². The van der Waals surface area contributed by atoms with Crippen molar-refractivity contribution in [1.82, 2.24) is 29.4 Å². The Hall–Kier alpha value is -3.88. The molecule has 3 heterocycles. The van der Waals surface area contributed by atoms with Gasteiger partial charge in [-0.2, -0.15) is 0 Å². The number of H-pyrrole nitrogens is 1. The SMILES string of the molecule is Cc1cnc(Cn2ccc(C)c(C(=O)N(C)Cc3nc4ccc(F)cc4[nH]3)c2=O)cn1. The molecule has 0 spiro atoms. The van der Waals surface area contributed by atoms with E-state index >= 15 is 0 Å². The highest BCUT2D eigenvalue weighted by Gasteiger charge is 2.21. The van der Waals surface area contributed by atoms with Gasteiger partial charge in [0, 0.05) is 19.4 Å². The van der Waals surface area contributed by atoms with Crippen molar-refractivity contribution in [3.05, 3.63) is 87.4 Å². The number of nitrogens with one attached hydrogen (secondary N) is 1. The molecular formula is C22H21FN6O2. The summed E-state index contributed by atoms with van der Waals surface area (Å²) in [6.45, 7) is 3.92. The molecule has 0 aliphatic heterocycles. The fourth-order valence-corrected chi connectivity index (χ4v) is 3.32. The molecule has 0 fully saturated rings. The van der Waals surface area contributed by atoms with Crippen molar-refractivity contribution in [1.29, 1.82) is 0 Å². The molecule has 158 valence electrons. The highest BCUT2D eigenvalue weighted by Crippen LogP contribution is 2.15. The summed E-state index contributed by atoms with van der Waals surface area (Å²) in [5.74, 6) is -0.287. The largest absolute Gasteiger partial charge is 0.340 e. The number of benzene rings is 1. The molecule has 0 aliphatic rings. The highest BCUT2D eigenvalue weighted by atomic mass is 19.1. The van der Waals surface area contributed by atoms with E-state index in [1.807, 2.05) is 6.92 Å². The Balaban J connectivity index is 1.59. The van der Waals surface area contributed by atoms with Crippen molar-refractivity contribution in [2.75, 3.05) is 7.05 Å². The molecule has 9 heteroatoms. The number of aromatic amines is 1. The molecule has 31 heavy (non-hydrogen) atoms. The lowest BCUT2D eigenvalue weighted by Gasteiger charge is -2.17. The van der Waals surface area contributed by atoms with Gasteiger partial charge in [-0.05, 0) is 43.7 Å². The van der Waals surface area contributed by atoms with Gasteiger partial charge in [-0.15, -0.1) is 0 Å². The number of pyridine rings is 1. The van der Waals surface area contributed by atoms with Gasteiger partial charge in [0.15, 0.2) is 0 Å². The van der Waals surface area contributed by atoms with E-state index in [-0.39, 0.29) is 24.5 Å². The van der Waals surface area contributed by atoms with Crippen molar-refractivity contribution >= 4 is 16.9 Å². The standard InChI is InChI=1S/C22H21FN6O2/c1-13-6-7-29(11-16-10-24-14(2)9-25-16)22(31)20(13)21(30)28(3)12-19-26-17-5-4-15(23)8-18(17)27-19/h4-10H,11-12H2,1-3H3,(H,26,27). The number of aryl methyl sites for hydroxylation is 2. The van der Waals surface area contributed by atoms with Crippen LogP contribution in [0.3, 0.4) is 0 Å². The molecule has 0 bridgehead atoms. The second-order valence-corrected chi connectivity index (χ2v) is 7.46. The number of nitrogens with zero attached hydrogens (tertiary/aromatic N) is 5. The lowest BCUT2D eigenvalue weighted by molar-refractivity contribution is 0.0778. The number of aromatic nitrogens is 5. The minimum Gasteiger partial charge on any atom is -0.340 e. The molecule has 1 aromatic carbocycles. The van der Waals surface area contributed by atoms with E-state index < -0.39 is 11.5 Å². The Morgan fingerprint density at radius 1 is 1.19 bits per heavy atom. The molecule has 8 nitrogen and oxygen atoms in total. The van der Waals surface area contributed by atoms with Crippen LogP contribution in [0.1, 0.15) is 33.1 Å². The molecule has 0 saturated carbocycles. The van der Waals surface area contributed by atoms with Crippen LogP contribution in [0.25, 0.3) is 11.0 Å². The van der Waals surface area contributed by atoms with E-state index in [1.165, 1.54) is 21.6 Å². The molecule has 4 aromatic rings. The van der Waals surface area contributed by atoms with Gasteiger partial charge in [0.1, 0.15) is 17.2 Å².